The van der Waals surface area contributed by atoms with Crippen molar-refractivity contribution in [3.05, 3.63) is 35.9 Å². The van der Waals surface area contributed by atoms with Crippen molar-refractivity contribution in [1.82, 2.24) is 15.1 Å². The summed E-state index contributed by atoms with van der Waals surface area (Å²) in [5, 5.41) is 3.44. The van der Waals surface area contributed by atoms with Crippen LogP contribution in [0.3, 0.4) is 0 Å². The van der Waals surface area contributed by atoms with Gasteiger partial charge in [0, 0.05) is 52.1 Å². The maximum atomic E-state index is 4.40. The lowest BCUT2D eigenvalue weighted by Gasteiger charge is -2.36. The molecule has 0 saturated carbocycles. The third-order valence-electron chi connectivity index (χ3n) is 3.72. The zero-order valence-electron chi connectivity index (χ0n) is 13.1. The van der Waals surface area contributed by atoms with E-state index in [1.807, 2.05) is 18.8 Å². The maximum absolute atomic E-state index is 4.40. The van der Waals surface area contributed by atoms with Gasteiger partial charge in [-0.3, -0.25) is 9.89 Å². The largest absolute Gasteiger partial charge is 0.355 e. The molecule has 2 rings (SSSR count). The number of aliphatic imine (C=N–C) groups is 1. The van der Waals surface area contributed by atoms with E-state index < -0.39 is 0 Å². The fraction of sp³-hybridized carbons (Fsp3) is 0.562. The van der Waals surface area contributed by atoms with E-state index in [4.69, 9.17) is 0 Å². The van der Waals surface area contributed by atoms with Crippen LogP contribution in [0.2, 0.25) is 0 Å². The molecular formula is C16H26N4S. The lowest BCUT2D eigenvalue weighted by atomic mass is 10.2. The number of hydrogen-bond acceptors (Lipinski definition) is 3. The van der Waals surface area contributed by atoms with E-state index in [2.05, 4.69) is 56.7 Å². The van der Waals surface area contributed by atoms with Gasteiger partial charge in [0.2, 0.25) is 0 Å². The van der Waals surface area contributed by atoms with Crippen LogP contribution in [0.4, 0.5) is 0 Å². The molecule has 1 N–H and O–H groups in total. The lowest BCUT2D eigenvalue weighted by Crippen LogP contribution is -2.52. The highest BCUT2D eigenvalue weighted by atomic mass is 32.2. The standard InChI is InChI=1S/C16H26N4S/c1-17-16(18-8-13-21-2)20-11-9-19(10-12-20)14-15-6-4-3-5-7-15/h3-7H,8-14H2,1-2H3,(H,17,18). The predicted molar refractivity (Wildman–Crippen MR) is 93.0 cm³/mol. The van der Waals surface area contributed by atoms with Gasteiger partial charge in [-0.1, -0.05) is 30.3 Å². The Bertz CT molecular complexity index is 427. The number of piperazine rings is 1. The van der Waals surface area contributed by atoms with Crippen LogP contribution in [0, 0.1) is 0 Å². The Morgan fingerprint density at radius 3 is 2.52 bits per heavy atom. The monoisotopic (exact) mass is 306 g/mol. The molecule has 116 valence electrons. The zero-order chi connectivity index (χ0) is 14.9. The third kappa shape index (κ3) is 5.25. The fourth-order valence-electron chi connectivity index (χ4n) is 2.56. The highest BCUT2D eigenvalue weighted by molar-refractivity contribution is 7.98. The van der Waals surface area contributed by atoms with Gasteiger partial charge in [-0.25, -0.2) is 0 Å². The smallest absolute Gasteiger partial charge is 0.193 e. The van der Waals surface area contributed by atoms with Crippen molar-refractivity contribution in [3.8, 4) is 0 Å². The second kappa shape index (κ2) is 8.95. The Hall–Kier alpha value is -1.20. The first-order valence-electron chi connectivity index (χ1n) is 7.54. The highest BCUT2D eigenvalue weighted by Gasteiger charge is 2.19. The third-order valence-corrected chi connectivity index (χ3v) is 4.33. The topological polar surface area (TPSA) is 30.9 Å². The SMILES string of the molecule is CN=C(NCCSC)N1CCN(Cc2ccccc2)CC1. The molecule has 0 atom stereocenters. The minimum atomic E-state index is 0.984. The van der Waals surface area contributed by atoms with Crippen molar-refractivity contribution in [1.29, 1.82) is 0 Å². The molecule has 4 nitrogen and oxygen atoms in total. The van der Waals surface area contributed by atoms with Crippen molar-refractivity contribution < 1.29 is 0 Å². The first kappa shape index (κ1) is 16.2. The summed E-state index contributed by atoms with van der Waals surface area (Å²) < 4.78 is 0. The Balaban J connectivity index is 1.77. The Morgan fingerprint density at radius 1 is 1.19 bits per heavy atom. The molecule has 0 radical (unpaired) electrons. The molecule has 21 heavy (non-hydrogen) atoms. The minimum Gasteiger partial charge on any atom is -0.355 e. The maximum Gasteiger partial charge on any atom is 0.193 e. The molecule has 0 spiro atoms. The highest BCUT2D eigenvalue weighted by Crippen LogP contribution is 2.08. The quantitative estimate of drug-likeness (QED) is 0.510. The van der Waals surface area contributed by atoms with Crippen LogP contribution in [0.25, 0.3) is 0 Å². The lowest BCUT2D eigenvalue weighted by molar-refractivity contribution is 0.172. The first-order valence-corrected chi connectivity index (χ1v) is 8.93. The van der Waals surface area contributed by atoms with Gasteiger partial charge in [-0.05, 0) is 11.8 Å². The number of benzene rings is 1. The molecule has 1 aliphatic heterocycles. The average molecular weight is 306 g/mol. The van der Waals surface area contributed by atoms with Gasteiger partial charge in [0.25, 0.3) is 0 Å². The van der Waals surface area contributed by atoms with E-state index in [0.717, 1.165) is 51.0 Å². The van der Waals surface area contributed by atoms with Crippen molar-refractivity contribution >= 4 is 17.7 Å². The number of hydrogen-bond donors (Lipinski definition) is 1. The summed E-state index contributed by atoms with van der Waals surface area (Å²) in [4.78, 5) is 9.27. The fourth-order valence-corrected chi connectivity index (χ4v) is 2.86. The Kier molecular flexibility index (Phi) is 6.89. The number of nitrogens with one attached hydrogen (secondary N) is 1. The molecule has 1 aromatic rings. The molecule has 0 unspecified atom stereocenters. The summed E-state index contributed by atoms with van der Waals surface area (Å²) in [6, 6.07) is 10.7. The molecule has 1 aliphatic rings. The van der Waals surface area contributed by atoms with Gasteiger partial charge in [-0.15, -0.1) is 0 Å². The van der Waals surface area contributed by atoms with Crippen LogP contribution >= 0.6 is 11.8 Å². The number of rotatable bonds is 5. The van der Waals surface area contributed by atoms with Crippen LogP contribution in [0.5, 0.6) is 0 Å². The molecule has 1 fully saturated rings. The molecule has 5 heteroatoms. The summed E-state index contributed by atoms with van der Waals surface area (Å²) in [6.07, 6.45) is 2.13. The summed E-state index contributed by atoms with van der Waals surface area (Å²) in [6.45, 7) is 6.32. The van der Waals surface area contributed by atoms with E-state index in [1.165, 1.54) is 5.56 Å². The van der Waals surface area contributed by atoms with Gasteiger partial charge in [-0.2, -0.15) is 11.8 Å². The average Bonchev–Trinajstić information content (AvgIpc) is 2.54. The van der Waals surface area contributed by atoms with E-state index in [9.17, 15) is 0 Å². The molecule has 0 amide bonds. The Morgan fingerprint density at radius 2 is 1.90 bits per heavy atom. The summed E-state index contributed by atoms with van der Waals surface area (Å²) >= 11 is 1.86. The van der Waals surface area contributed by atoms with E-state index >= 15 is 0 Å². The van der Waals surface area contributed by atoms with Gasteiger partial charge >= 0.3 is 0 Å². The molecule has 0 bridgehead atoms. The second-order valence-electron chi connectivity index (χ2n) is 5.22. The van der Waals surface area contributed by atoms with E-state index in [0.29, 0.717) is 0 Å². The Labute approximate surface area is 132 Å². The molecule has 1 heterocycles. The normalized spacial score (nSPS) is 17.0. The van der Waals surface area contributed by atoms with Gasteiger partial charge in [0.05, 0.1) is 0 Å². The van der Waals surface area contributed by atoms with E-state index in [-0.39, 0.29) is 0 Å². The number of thioether (sulfide) groups is 1. The van der Waals surface area contributed by atoms with Crippen LogP contribution in [0.15, 0.2) is 35.3 Å². The van der Waals surface area contributed by atoms with Crippen molar-refractivity contribution in [2.45, 2.75) is 6.54 Å². The van der Waals surface area contributed by atoms with Crippen LogP contribution in [0.1, 0.15) is 5.56 Å². The van der Waals surface area contributed by atoms with Crippen molar-refractivity contribution in [3.63, 3.8) is 0 Å². The number of guanidine groups is 1. The van der Waals surface area contributed by atoms with Crippen LogP contribution in [-0.2, 0) is 6.54 Å². The predicted octanol–water partition coefficient (Wildman–Crippen LogP) is 1.74. The number of nitrogens with zero attached hydrogens (tertiary/aromatic N) is 3. The van der Waals surface area contributed by atoms with Crippen molar-refractivity contribution in [2.24, 2.45) is 4.99 Å². The summed E-state index contributed by atoms with van der Waals surface area (Å²) in [5.74, 6) is 2.16. The van der Waals surface area contributed by atoms with E-state index in [1.54, 1.807) is 0 Å². The van der Waals surface area contributed by atoms with Crippen molar-refractivity contribution in [2.75, 3.05) is 51.8 Å². The van der Waals surface area contributed by atoms with Crippen LogP contribution in [-0.4, -0.2) is 67.5 Å². The molecule has 0 aromatic heterocycles. The zero-order valence-corrected chi connectivity index (χ0v) is 13.9. The van der Waals surface area contributed by atoms with Gasteiger partial charge in [0.15, 0.2) is 5.96 Å². The first-order chi connectivity index (χ1) is 10.3. The second-order valence-corrected chi connectivity index (χ2v) is 6.20. The van der Waals surface area contributed by atoms with Crippen LogP contribution < -0.4 is 5.32 Å². The molecule has 1 saturated heterocycles. The molecule has 1 aromatic carbocycles. The van der Waals surface area contributed by atoms with Gasteiger partial charge < -0.3 is 10.2 Å². The molecule has 0 aliphatic carbocycles. The molecular weight excluding hydrogens is 280 g/mol. The van der Waals surface area contributed by atoms with Gasteiger partial charge in [0.1, 0.15) is 0 Å². The summed E-state index contributed by atoms with van der Waals surface area (Å²) in [5.41, 5.74) is 1.40. The minimum absolute atomic E-state index is 0.984. The summed E-state index contributed by atoms with van der Waals surface area (Å²) in [7, 11) is 1.87.